The number of ether oxygens (including phenoxy) is 1. The number of para-hydroxylation sites is 1. The van der Waals surface area contributed by atoms with Crippen molar-refractivity contribution in [2.75, 3.05) is 41.9 Å². The number of aromatic nitrogens is 4. The molecule has 1 aromatic carbocycles. The number of benzene rings is 1. The Balaban J connectivity index is 1.67. The molecule has 4 heterocycles. The van der Waals surface area contributed by atoms with Crippen molar-refractivity contribution in [3.05, 3.63) is 46.6 Å². The van der Waals surface area contributed by atoms with Crippen molar-refractivity contribution in [2.45, 2.75) is 25.5 Å². The maximum Gasteiger partial charge on any atom is 0.263 e. The molecule has 0 aliphatic carbocycles. The number of carbonyl (C=O) groups is 1. The Morgan fingerprint density at radius 1 is 1.22 bits per heavy atom. The van der Waals surface area contributed by atoms with Crippen LogP contribution in [0.4, 0.5) is 17.5 Å². The highest BCUT2D eigenvalue weighted by atomic mass is 16.5. The molecule has 0 bridgehead atoms. The molecule has 0 saturated carbocycles. The number of hydrogen-bond donors (Lipinski definition) is 1. The van der Waals surface area contributed by atoms with Gasteiger partial charge in [0.2, 0.25) is 5.95 Å². The molecular formula is C22H25N7O3. The Morgan fingerprint density at radius 3 is 2.84 bits per heavy atom. The average molecular weight is 435 g/mol. The summed E-state index contributed by atoms with van der Waals surface area (Å²) in [7, 11) is 3.37. The summed E-state index contributed by atoms with van der Waals surface area (Å²) in [4.78, 5) is 43.7. The normalized spacial score (nSPS) is 20.3. The Kier molecular flexibility index (Phi) is 5.01. The van der Waals surface area contributed by atoms with Gasteiger partial charge >= 0.3 is 0 Å². The predicted molar refractivity (Wildman–Crippen MR) is 121 cm³/mol. The van der Waals surface area contributed by atoms with Crippen molar-refractivity contribution in [1.82, 2.24) is 19.5 Å². The first kappa shape index (κ1) is 20.4. The molecule has 0 spiro atoms. The van der Waals surface area contributed by atoms with E-state index in [1.165, 1.54) is 10.9 Å². The van der Waals surface area contributed by atoms with Crippen LogP contribution in [0.3, 0.4) is 0 Å². The highest BCUT2D eigenvalue weighted by Gasteiger charge is 2.41. The number of hydrogen-bond acceptors (Lipinski definition) is 8. The van der Waals surface area contributed by atoms with Gasteiger partial charge in [0.1, 0.15) is 16.9 Å². The van der Waals surface area contributed by atoms with Crippen LogP contribution >= 0.6 is 0 Å². The lowest BCUT2D eigenvalue weighted by Crippen LogP contribution is -2.40. The molecule has 1 fully saturated rings. The van der Waals surface area contributed by atoms with Crippen LogP contribution in [0.2, 0.25) is 0 Å². The van der Waals surface area contributed by atoms with E-state index in [2.05, 4.69) is 25.2 Å². The number of fused-ring (bicyclic) bond motifs is 4. The SMILES string of the molecule is CCNc1ncc2c(n1)N1C[C@@H](OC)C[C@H]1CN(c1cccc3c(=O)n(C)cnc13)C2=O. The maximum atomic E-state index is 13.7. The quantitative estimate of drug-likeness (QED) is 0.656. The second-order valence-corrected chi connectivity index (χ2v) is 8.11. The van der Waals surface area contributed by atoms with Gasteiger partial charge in [0.25, 0.3) is 11.5 Å². The Labute approximate surface area is 184 Å². The minimum absolute atomic E-state index is 0.0105. The van der Waals surface area contributed by atoms with Gasteiger partial charge in [0.05, 0.1) is 29.5 Å². The minimum Gasteiger partial charge on any atom is -0.380 e. The van der Waals surface area contributed by atoms with Gasteiger partial charge in [-0.1, -0.05) is 6.07 Å². The number of nitrogens with one attached hydrogen (secondary N) is 1. The van der Waals surface area contributed by atoms with E-state index in [0.29, 0.717) is 53.6 Å². The molecule has 32 heavy (non-hydrogen) atoms. The van der Waals surface area contributed by atoms with Crippen LogP contribution in [0.1, 0.15) is 23.7 Å². The standard InChI is InChI=1S/C22H25N7O3/c1-4-23-22-24-9-16-19(26-22)28-11-14(32-3)8-13(28)10-29(21(16)31)17-7-5-6-15-18(17)25-12-27(2)20(15)30/h5-7,9,12-14H,4,8,10-11H2,1-3H3,(H,23,24,26)/t13-,14-/m0/s1. The number of anilines is 3. The van der Waals surface area contributed by atoms with Gasteiger partial charge in [-0.3, -0.25) is 9.59 Å². The molecule has 2 aliphatic rings. The van der Waals surface area contributed by atoms with Gasteiger partial charge in [-0.05, 0) is 25.5 Å². The van der Waals surface area contributed by atoms with Crippen molar-refractivity contribution < 1.29 is 9.53 Å². The lowest BCUT2D eigenvalue weighted by atomic mass is 10.1. The molecule has 1 saturated heterocycles. The Morgan fingerprint density at radius 2 is 2.06 bits per heavy atom. The molecule has 2 atom stereocenters. The average Bonchev–Trinajstić information content (AvgIpc) is 3.18. The van der Waals surface area contributed by atoms with Gasteiger partial charge in [0, 0.05) is 40.0 Å². The van der Waals surface area contributed by atoms with Gasteiger partial charge in [-0.2, -0.15) is 4.98 Å². The van der Waals surface area contributed by atoms with E-state index in [-0.39, 0.29) is 23.6 Å². The fourth-order valence-corrected chi connectivity index (χ4v) is 4.55. The summed E-state index contributed by atoms with van der Waals surface area (Å²) in [6.45, 7) is 3.73. The van der Waals surface area contributed by atoms with Crippen LogP contribution in [0, 0.1) is 0 Å². The number of nitrogens with zero attached hydrogens (tertiary/aromatic N) is 6. The van der Waals surface area contributed by atoms with Crippen molar-refractivity contribution in [3.8, 4) is 0 Å². The first-order chi connectivity index (χ1) is 15.5. The van der Waals surface area contributed by atoms with Crippen LogP contribution in [0.25, 0.3) is 10.9 Å². The van der Waals surface area contributed by atoms with Crippen molar-refractivity contribution in [3.63, 3.8) is 0 Å². The molecule has 0 unspecified atom stereocenters. The monoisotopic (exact) mass is 435 g/mol. The van der Waals surface area contributed by atoms with Crippen molar-refractivity contribution in [1.29, 1.82) is 0 Å². The van der Waals surface area contributed by atoms with Crippen LogP contribution < -0.4 is 20.7 Å². The predicted octanol–water partition coefficient (Wildman–Crippen LogP) is 1.41. The number of carbonyl (C=O) groups excluding carboxylic acids is 1. The van der Waals surface area contributed by atoms with Crippen LogP contribution in [0.5, 0.6) is 0 Å². The third-order valence-electron chi connectivity index (χ3n) is 6.17. The fraction of sp³-hybridized carbons (Fsp3) is 0.409. The molecule has 166 valence electrons. The van der Waals surface area contributed by atoms with Gasteiger partial charge in [0.15, 0.2) is 0 Å². The zero-order chi connectivity index (χ0) is 22.4. The fourth-order valence-electron chi connectivity index (χ4n) is 4.55. The Bertz CT molecular complexity index is 1260. The van der Waals surface area contributed by atoms with Crippen molar-refractivity contribution >= 4 is 34.3 Å². The molecule has 1 N–H and O–H groups in total. The number of aryl methyl sites for hydroxylation is 1. The molecule has 10 nitrogen and oxygen atoms in total. The van der Waals surface area contributed by atoms with Crippen LogP contribution in [-0.2, 0) is 11.8 Å². The van der Waals surface area contributed by atoms with Gasteiger partial charge in [-0.25, -0.2) is 9.97 Å². The lowest BCUT2D eigenvalue weighted by Gasteiger charge is -2.27. The molecular weight excluding hydrogens is 410 g/mol. The summed E-state index contributed by atoms with van der Waals surface area (Å²) in [6.07, 6.45) is 3.87. The molecule has 5 rings (SSSR count). The third kappa shape index (κ3) is 3.18. The number of rotatable bonds is 4. The summed E-state index contributed by atoms with van der Waals surface area (Å²) in [5.41, 5.74) is 1.38. The van der Waals surface area contributed by atoms with E-state index in [9.17, 15) is 9.59 Å². The third-order valence-corrected chi connectivity index (χ3v) is 6.17. The smallest absolute Gasteiger partial charge is 0.263 e. The minimum atomic E-state index is -0.207. The molecule has 2 aromatic heterocycles. The van der Waals surface area contributed by atoms with E-state index < -0.39 is 0 Å². The summed E-state index contributed by atoms with van der Waals surface area (Å²) in [5.74, 6) is 0.890. The summed E-state index contributed by atoms with van der Waals surface area (Å²) < 4.78 is 7.08. The first-order valence-corrected chi connectivity index (χ1v) is 10.7. The molecule has 1 amide bonds. The zero-order valence-corrected chi connectivity index (χ0v) is 18.3. The summed E-state index contributed by atoms with van der Waals surface area (Å²) in [6, 6.07) is 5.36. The van der Waals surface area contributed by atoms with Gasteiger partial charge in [-0.15, -0.1) is 0 Å². The van der Waals surface area contributed by atoms with E-state index in [1.807, 2.05) is 13.0 Å². The highest BCUT2D eigenvalue weighted by Crippen LogP contribution is 2.36. The Hall–Kier alpha value is -3.53. The molecule has 0 radical (unpaired) electrons. The number of amides is 1. The van der Waals surface area contributed by atoms with Crippen molar-refractivity contribution in [2.24, 2.45) is 7.05 Å². The second-order valence-electron chi connectivity index (χ2n) is 8.11. The molecule has 10 heteroatoms. The van der Waals surface area contributed by atoms with E-state index in [1.54, 1.807) is 37.4 Å². The number of methoxy groups -OCH3 is 1. The topological polar surface area (TPSA) is 105 Å². The van der Waals surface area contributed by atoms with E-state index >= 15 is 0 Å². The lowest BCUT2D eigenvalue weighted by molar-refractivity contribution is 0.0982. The van der Waals surface area contributed by atoms with E-state index in [0.717, 1.165) is 6.42 Å². The van der Waals surface area contributed by atoms with Crippen LogP contribution in [-0.4, -0.2) is 64.3 Å². The summed E-state index contributed by atoms with van der Waals surface area (Å²) >= 11 is 0. The first-order valence-electron chi connectivity index (χ1n) is 10.7. The molecule has 2 aliphatic heterocycles. The highest BCUT2D eigenvalue weighted by molar-refractivity contribution is 6.13. The molecule has 3 aromatic rings. The van der Waals surface area contributed by atoms with E-state index in [4.69, 9.17) is 4.74 Å². The largest absolute Gasteiger partial charge is 0.380 e. The summed E-state index contributed by atoms with van der Waals surface area (Å²) in [5, 5.41) is 3.60. The van der Waals surface area contributed by atoms with Gasteiger partial charge < -0.3 is 24.4 Å². The zero-order valence-electron chi connectivity index (χ0n) is 18.3. The maximum absolute atomic E-state index is 13.7. The van der Waals surface area contributed by atoms with Crippen LogP contribution in [0.15, 0.2) is 35.5 Å². The second kappa shape index (κ2) is 7.86.